The standard InChI is InChI=1S/C19H16N2O4/c1-12-6-7-15(24-12)10-20-21-19(22)18-11-23-16-8-13-4-2-3-5-14(13)9-17(16)25-18/h2-10,18H,11H2,1H3,(H,21,22). The summed E-state index contributed by atoms with van der Waals surface area (Å²) in [6.45, 7) is 1.97. The highest BCUT2D eigenvalue weighted by molar-refractivity contribution is 5.87. The fraction of sp³-hybridized carbons (Fsp3) is 0.158. The second-order valence-electron chi connectivity index (χ2n) is 5.75. The average Bonchev–Trinajstić information content (AvgIpc) is 3.04. The molecule has 3 aromatic rings. The molecule has 1 aliphatic heterocycles. The Balaban J connectivity index is 1.45. The van der Waals surface area contributed by atoms with E-state index < -0.39 is 6.10 Å². The van der Waals surface area contributed by atoms with Crippen molar-refractivity contribution < 1.29 is 18.7 Å². The molecule has 6 nitrogen and oxygen atoms in total. The van der Waals surface area contributed by atoms with E-state index in [2.05, 4.69) is 10.5 Å². The van der Waals surface area contributed by atoms with Gasteiger partial charge in [-0.05, 0) is 42.0 Å². The maximum atomic E-state index is 12.2. The fourth-order valence-electron chi connectivity index (χ4n) is 2.64. The molecule has 1 N–H and O–H groups in total. The minimum atomic E-state index is -0.760. The van der Waals surface area contributed by atoms with E-state index in [1.807, 2.05) is 49.4 Å². The second kappa shape index (κ2) is 6.32. The lowest BCUT2D eigenvalue weighted by atomic mass is 10.1. The predicted molar refractivity (Wildman–Crippen MR) is 93.0 cm³/mol. The van der Waals surface area contributed by atoms with E-state index in [1.54, 1.807) is 6.07 Å². The van der Waals surface area contributed by atoms with E-state index in [9.17, 15) is 4.79 Å². The van der Waals surface area contributed by atoms with Crippen LogP contribution in [0.5, 0.6) is 11.5 Å². The number of hydrogen-bond acceptors (Lipinski definition) is 5. The molecule has 126 valence electrons. The number of carbonyl (C=O) groups is 1. The molecule has 1 amide bonds. The molecule has 0 aliphatic carbocycles. The van der Waals surface area contributed by atoms with Crippen molar-refractivity contribution in [3.05, 3.63) is 60.1 Å². The first-order chi connectivity index (χ1) is 12.2. The van der Waals surface area contributed by atoms with Gasteiger partial charge in [0.2, 0.25) is 6.10 Å². The summed E-state index contributed by atoms with van der Waals surface area (Å²) in [5.74, 6) is 2.16. The Kier molecular flexibility index (Phi) is 3.85. The van der Waals surface area contributed by atoms with Crippen LogP contribution in [0.15, 0.2) is 58.0 Å². The molecular formula is C19H16N2O4. The monoisotopic (exact) mass is 336 g/mol. The molecule has 6 heteroatoms. The highest BCUT2D eigenvalue weighted by Gasteiger charge is 2.27. The maximum absolute atomic E-state index is 12.2. The van der Waals surface area contributed by atoms with E-state index in [-0.39, 0.29) is 12.5 Å². The van der Waals surface area contributed by atoms with Crippen LogP contribution in [0.2, 0.25) is 0 Å². The van der Waals surface area contributed by atoms with Gasteiger partial charge in [-0.1, -0.05) is 24.3 Å². The zero-order valence-electron chi connectivity index (χ0n) is 13.6. The van der Waals surface area contributed by atoms with Crippen molar-refractivity contribution in [1.29, 1.82) is 0 Å². The number of nitrogens with one attached hydrogen (secondary N) is 1. The number of nitrogens with zero attached hydrogens (tertiary/aromatic N) is 1. The molecular weight excluding hydrogens is 320 g/mol. The van der Waals surface area contributed by atoms with Crippen LogP contribution >= 0.6 is 0 Å². The van der Waals surface area contributed by atoms with Crippen molar-refractivity contribution in [3.8, 4) is 11.5 Å². The van der Waals surface area contributed by atoms with Gasteiger partial charge in [0.15, 0.2) is 11.5 Å². The number of fused-ring (bicyclic) bond motifs is 2. The lowest BCUT2D eigenvalue weighted by Gasteiger charge is -2.25. The Morgan fingerprint density at radius 1 is 1.16 bits per heavy atom. The molecule has 4 rings (SSSR count). The van der Waals surface area contributed by atoms with Crippen molar-refractivity contribution in [2.45, 2.75) is 13.0 Å². The maximum Gasteiger partial charge on any atom is 0.284 e. The minimum Gasteiger partial charge on any atom is -0.485 e. The summed E-state index contributed by atoms with van der Waals surface area (Å²) in [6, 6.07) is 15.3. The lowest BCUT2D eigenvalue weighted by Crippen LogP contribution is -2.42. The van der Waals surface area contributed by atoms with E-state index >= 15 is 0 Å². The molecule has 0 spiro atoms. The molecule has 1 unspecified atom stereocenters. The van der Waals surface area contributed by atoms with E-state index in [0.717, 1.165) is 16.5 Å². The highest BCUT2D eigenvalue weighted by Crippen LogP contribution is 2.35. The number of hydrogen-bond donors (Lipinski definition) is 1. The molecule has 1 atom stereocenters. The van der Waals surface area contributed by atoms with Gasteiger partial charge in [-0.3, -0.25) is 4.79 Å². The van der Waals surface area contributed by atoms with Crippen LogP contribution in [0, 0.1) is 6.92 Å². The Labute approximate surface area is 144 Å². The van der Waals surface area contributed by atoms with Gasteiger partial charge < -0.3 is 13.9 Å². The molecule has 0 radical (unpaired) electrons. The van der Waals surface area contributed by atoms with Crippen molar-refractivity contribution in [1.82, 2.24) is 5.43 Å². The van der Waals surface area contributed by atoms with Crippen LogP contribution in [0.1, 0.15) is 11.5 Å². The van der Waals surface area contributed by atoms with Gasteiger partial charge in [0.05, 0.1) is 6.21 Å². The molecule has 2 heterocycles. The quantitative estimate of drug-likeness (QED) is 0.589. The Morgan fingerprint density at radius 3 is 2.64 bits per heavy atom. The Morgan fingerprint density at radius 2 is 1.92 bits per heavy atom. The largest absolute Gasteiger partial charge is 0.485 e. The summed E-state index contributed by atoms with van der Waals surface area (Å²) >= 11 is 0. The second-order valence-corrected chi connectivity index (χ2v) is 5.75. The molecule has 2 aromatic carbocycles. The van der Waals surface area contributed by atoms with Crippen LogP contribution in [-0.2, 0) is 4.79 Å². The highest BCUT2D eigenvalue weighted by atomic mass is 16.6. The van der Waals surface area contributed by atoms with Gasteiger partial charge in [0.25, 0.3) is 5.91 Å². The average molecular weight is 336 g/mol. The zero-order chi connectivity index (χ0) is 17.2. The number of carbonyl (C=O) groups excluding carboxylic acids is 1. The van der Waals surface area contributed by atoms with Gasteiger partial charge in [-0.25, -0.2) is 5.43 Å². The zero-order valence-corrected chi connectivity index (χ0v) is 13.6. The molecule has 1 aliphatic rings. The predicted octanol–water partition coefficient (Wildman–Crippen LogP) is 3.03. The Bertz CT molecular complexity index is 961. The van der Waals surface area contributed by atoms with Gasteiger partial charge in [0, 0.05) is 0 Å². The van der Waals surface area contributed by atoms with Crippen molar-refractivity contribution in [3.63, 3.8) is 0 Å². The van der Waals surface area contributed by atoms with Crippen LogP contribution in [-0.4, -0.2) is 24.8 Å². The first-order valence-corrected chi connectivity index (χ1v) is 7.91. The Hall–Kier alpha value is -3.28. The molecule has 25 heavy (non-hydrogen) atoms. The van der Waals surface area contributed by atoms with Gasteiger partial charge in [-0.2, -0.15) is 5.10 Å². The fourth-order valence-corrected chi connectivity index (χ4v) is 2.64. The summed E-state index contributed by atoms with van der Waals surface area (Å²) in [7, 11) is 0. The number of aryl methyl sites for hydroxylation is 1. The SMILES string of the molecule is Cc1ccc(C=NNC(=O)C2COc3cc4ccccc4cc3O2)o1. The van der Waals surface area contributed by atoms with E-state index in [1.165, 1.54) is 6.21 Å². The number of rotatable bonds is 3. The third-order valence-electron chi connectivity index (χ3n) is 3.89. The van der Waals surface area contributed by atoms with Crippen LogP contribution in [0.3, 0.4) is 0 Å². The van der Waals surface area contributed by atoms with Crippen LogP contribution in [0.25, 0.3) is 10.8 Å². The molecule has 0 saturated heterocycles. The summed E-state index contributed by atoms with van der Waals surface area (Å²) in [4.78, 5) is 12.2. The van der Waals surface area contributed by atoms with Crippen LogP contribution in [0.4, 0.5) is 0 Å². The number of furan rings is 1. The van der Waals surface area contributed by atoms with Crippen molar-refractivity contribution >= 4 is 22.9 Å². The molecule has 0 bridgehead atoms. The number of ether oxygens (including phenoxy) is 2. The summed E-state index contributed by atoms with van der Waals surface area (Å²) in [5, 5.41) is 5.97. The number of amides is 1. The normalized spacial score (nSPS) is 16.3. The molecule has 0 fully saturated rings. The smallest absolute Gasteiger partial charge is 0.284 e. The molecule has 1 aromatic heterocycles. The van der Waals surface area contributed by atoms with Gasteiger partial charge in [0.1, 0.15) is 18.1 Å². The van der Waals surface area contributed by atoms with Crippen LogP contribution < -0.4 is 14.9 Å². The van der Waals surface area contributed by atoms with Gasteiger partial charge in [-0.15, -0.1) is 0 Å². The topological polar surface area (TPSA) is 73.1 Å². The molecule has 0 saturated carbocycles. The third kappa shape index (κ3) is 3.19. The lowest BCUT2D eigenvalue weighted by molar-refractivity contribution is -0.130. The third-order valence-corrected chi connectivity index (χ3v) is 3.89. The van der Waals surface area contributed by atoms with E-state index in [0.29, 0.717) is 17.3 Å². The van der Waals surface area contributed by atoms with Gasteiger partial charge >= 0.3 is 0 Å². The minimum absolute atomic E-state index is 0.132. The number of hydrazone groups is 1. The summed E-state index contributed by atoms with van der Waals surface area (Å²) in [6.07, 6.45) is 0.680. The summed E-state index contributed by atoms with van der Waals surface area (Å²) in [5.41, 5.74) is 2.44. The van der Waals surface area contributed by atoms with Crippen molar-refractivity contribution in [2.75, 3.05) is 6.61 Å². The van der Waals surface area contributed by atoms with E-state index in [4.69, 9.17) is 13.9 Å². The first-order valence-electron chi connectivity index (χ1n) is 7.91. The van der Waals surface area contributed by atoms with Crippen molar-refractivity contribution in [2.24, 2.45) is 5.10 Å². The number of benzene rings is 2. The first kappa shape index (κ1) is 15.3. The summed E-state index contributed by atoms with van der Waals surface area (Å²) < 4.78 is 16.8.